The summed E-state index contributed by atoms with van der Waals surface area (Å²) >= 11 is 0. The van der Waals surface area contributed by atoms with Gasteiger partial charge >= 0.3 is 0 Å². The molecule has 1 aliphatic rings. The van der Waals surface area contributed by atoms with Gasteiger partial charge in [0.25, 0.3) is 0 Å². The second-order valence-electron chi connectivity index (χ2n) is 4.57. The number of nitrogens with one attached hydrogen (secondary N) is 1. The van der Waals surface area contributed by atoms with Crippen LogP contribution in [0.5, 0.6) is 0 Å². The van der Waals surface area contributed by atoms with E-state index in [-0.39, 0.29) is 18.0 Å². The van der Waals surface area contributed by atoms with Crippen LogP contribution in [0.25, 0.3) is 0 Å². The highest BCUT2D eigenvalue weighted by Crippen LogP contribution is 2.23. The zero-order valence-electron chi connectivity index (χ0n) is 9.54. The van der Waals surface area contributed by atoms with Gasteiger partial charge in [-0.25, -0.2) is 4.39 Å². The monoisotopic (exact) mass is 223 g/mol. The molecule has 0 saturated heterocycles. The predicted octanol–water partition coefficient (Wildman–Crippen LogP) is 2.85. The number of anilines is 1. The molecular weight excluding hydrogens is 205 g/mol. The third kappa shape index (κ3) is 2.53. The maximum atomic E-state index is 13.1. The SMILES string of the molecule is Cc1cc(N[C@@H]2CCCC[C@H]2O)ccc1F. The van der Waals surface area contributed by atoms with Crippen LogP contribution in [0.1, 0.15) is 31.2 Å². The number of aliphatic hydroxyl groups excluding tert-OH is 1. The van der Waals surface area contributed by atoms with E-state index in [1.807, 2.05) is 0 Å². The molecule has 0 aliphatic heterocycles. The minimum absolute atomic E-state index is 0.110. The van der Waals surface area contributed by atoms with Gasteiger partial charge in [0.2, 0.25) is 0 Å². The Kier molecular flexibility index (Phi) is 3.44. The molecule has 0 heterocycles. The molecule has 2 rings (SSSR count). The zero-order chi connectivity index (χ0) is 11.5. The average Bonchev–Trinajstić information content (AvgIpc) is 2.27. The van der Waals surface area contributed by atoms with Crippen LogP contribution < -0.4 is 5.32 Å². The number of aryl methyl sites for hydroxylation is 1. The van der Waals surface area contributed by atoms with Crippen LogP contribution in [0.4, 0.5) is 10.1 Å². The van der Waals surface area contributed by atoms with E-state index in [0.29, 0.717) is 5.56 Å². The molecule has 2 N–H and O–H groups in total. The Morgan fingerprint density at radius 2 is 2.06 bits per heavy atom. The van der Waals surface area contributed by atoms with Crippen molar-refractivity contribution in [3.05, 3.63) is 29.6 Å². The van der Waals surface area contributed by atoms with E-state index in [1.54, 1.807) is 19.1 Å². The van der Waals surface area contributed by atoms with Crippen molar-refractivity contribution in [3.8, 4) is 0 Å². The second kappa shape index (κ2) is 4.83. The lowest BCUT2D eigenvalue weighted by Gasteiger charge is -2.29. The maximum Gasteiger partial charge on any atom is 0.126 e. The van der Waals surface area contributed by atoms with Crippen molar-refractivity contribution in [1.82, 2.24) is 0 Å². The molecule has 1 aromatic carbocycles. The Morgan fingerprint density at radius 3 is 2.75 bits per heavy atom. The van der Waals surface area contributed by atoms with E-state index in [2.05, 4.69) is 5.32 Å². The van der Waals surface area contributed by atoms with E-state index in [0.717, 1.165) is 31.4 Å². The summed E-state index contributed by atoms with van der Waals surface area (Å²) in [6.45, 7) is 1.75. The molecule has 0 amide bonds. The summed E-state index contributed by atoms with van der Waals surface area (Å²) in [6.07, 6.45) is 3.81. The highest BCUT2D eigenvalue weighted by atomic mass is 19.1. The van der Waals surface area contributed by atoms with Crippen LogP contribution in [-0.4, -0.2) is 17.3 Å². The third-order valence-electron chi connectivity index (χ3n) is 3.24. The van der Waals surface area contributed by atoms with E-state index in [9.17, 15) is 9.50 Å². The number of rotatable bonds is 2. The summed E-state index contributed by atoms with van der Waals surface area (Å²) in [6, 6.07) is 5.09. The second-order valence-corrected chi connectivity index (χ2v) is 4.57. The van der Waals surface area contributed by atoms with Gasteiger partial charge in [0, 0.05) is 5.69 Å². The molecule has 2 atom stereocenters. The fourth-order valence-corrected chi connectivity index (χ4v) is 2.23. The quantitative estimate of drug-likeness (QED) is 0.808. The molecule has 0 bridgehead atoms. The van der Waals surface area contributed by atoms with E-state index in [4.69, 9.17) is 0 Å². The van der Waals surface area contributed by atoms with Crippen molar-refractivity contribution in [3.63, 3.8) is 0 Å². The molecule has 1 aliphatic carbocycles. The largest absolute Gasteiger partial charge is 0.391 e. The molecule has 1 saturated carbocycles. The summed E-state index contributed by atoms with van der Waals surface area (Å²) in [5.74, 6) is -0.185. The Labute approximate surface area is 95.5 Å². The lowest BCUT2D eigenvalue weighted by Crippen LogP contribution is -2.36. The summed E-state index contributed by atoms with van der Waals surface area (Å²) in [5.41, 5.74) is 1.53. The first-order valence-electron chi connectivity index (χ1n) is 5.87. The minimum Gasteiger partial charge on any atom is -0.391 e. The van der Waals surface area contributed by atoms with Crippen molar-refractivity contribution in [1.29, 1.82) is 0 Å². The summed E-state index contributed by atoms with van der Waals surface area (Å²) in [5, 5.41) is 13.1. The average molecular weight is 223 g/mol. The number of halogens is 1. The number of benzene rings is 1. The third-order valence-corrected chi connectivity index (χ3v) is 3.24. The Bertz CT molecular complexity index is 367. The molecule has 3 heteroatoms. The van der Waals surface area contributed by atoms with Gasteiger partial charge in [0.1, 0.15) is 5.82 Å². The number of hydrogen-bond donors (Lipinski definition) is 2. The highest BCUT2D eigenvalue weighted by molar-refractivity contribution is 5.47. The zero-order valence-corrected chi connectivity index (χ0v) is 9.54. The summed E-state index contributed by atoms with van der Waals surface area (Å²) < 4.78 is 13.1. The first-order valence-corrected chi connectivity index (χ1v) is 5.87. The van der Waals surface area contributed by atoms with Crippen molar-refractivity contribution in [2.45, 2.75) is 44.8 Å². The van der Waals surface area contributed by atoms with Gasteiger partial charge in [0.05, 0.1) is 12.1 Å². The van der Waals surface area contributed by atoms with Crippen LogP contribution in [0.2, 0.25) is 0 Å². The number of hydrogen-bond acceptors (Lipinski definition) is 2. The van der Waals surface area contributed by atoms with Crippen LogP contribution in [0.15, 0.2) is 18.2 Å². The van der Waals surface area contributed by atoms with Crippen LogP contribution in [0.3, 0.4) is 0 Å². The van der Waals surface area contributed by atoms with Gasteiger partial charge in [-0.2, -0.15) is 0 Å². The molecule has 0 spiro atoms. The van der Waals surface area contributed by atoms with Crippen molar-refractivity contribution < 1.29 is 9.50 Å². The van der Waals surface area contributed by atoms with Gasteiger partial charge in [-0.05, 0) is 43.5 Å². The lowest BCUT2D eigenvalue weighted by atomic mass is 9.92. The molecule has 0 unspecified atom stereocenters. The predicted molar refractivity (Wildman–Crippen MR) is 63.0 cm³/mol. The van der Waals surface area contributed by atoms with Gasteiger partial charge in [-0.1, -0.05) is 12.8 Å². The molecule has 88 valence electrons. The van der Waals surface area contributed by atoms with E-state index in [1.165, 1.54) is 6.07 Å². The first-order chi connectivity index (χ1) is 7.66. The minimum atomic E-state index is -0.279. The molecular formula is C13H18FNO. The standard InChI is InChI=1S/C13H18FNO/c1-9-8-10(6-7-11(9)14)15-12-4-2-3-5-13(12)16/h6-8,12-13,15-16H,2-5H2,1H3/t12-,13-/m1/s1. The number of aliphatic hydroxyl groups is 1. The van der Waals surface area contributed by atoms with Crippen molar-refractivity contribution in [2.75, 3.05) is 5.32 Å². The van der Waals surface area contributed by atoms with E-state index >= 15 is 0 Å². The first kappa shape index (κ1) is 11.4. The Hall–Kier alpha value is -1.09. The smallest absolute Gasteiger partial charge is 0.126 e. The fourth-order valence-electron chi connectivity index (χ4n) is 2.23. The Morgan fingerprint density at radius 1 is 1.31 bits per heavy atom. The highest BCUT2D eigenvalue weighted by Gasteiger charge is 2.22. The molecule has 1 fully saturated rings. The molecule has 0 aromatic heterocycles. The Balaban J connectivity index is 2.05. The van der Waals surface area contributed by atoms with Crippen LogP contribution in [-0.2, 0) is 0 Å². The van der Waals surface area contributed by atoms with Crippen LogP contribution in [0, 0.1) is 12.7 Å². The normalized spacial score (nSPS) is 25.4. The molecule has 2 nitrogen and oxygen atoms in total. The van der Waals surface area contributed by atoms with Gasteiger partial charge < -0.3 is 10.4 Å². The van der Waals surface area contributed by atoms with Gasteiger partial charge in [-0.15, -0.1) is 0 Å². The van der Waals surface area contributed by atoms with E-state index < -0.39 is 0 Å². The maximum absolute atomic E-state index is 13.1. The van der Waals surface area contributed by atoms with Crippen LogP contribution >= 0.6 is 0 Å². The molecule has 16 heavy (non-hydrogen) atoms. The summed E-state index contributed by atoms with van der Waals surface area (Å²) in [4.78, 5) is 0. The lowest BCUT2D eigenvalue weighted by molar-refractivity contribution is 0.116. The fraction of sp³-hybridized carbons (Fsp3) is 0.538. The molecule has 1 aromatic rings. The summed E-state index contributed by atoms with van der Waals surface area (Å²) in [7, 11) is 0. The van der Waals surface area contributed by atoms with Gasteiger partial charge in [-0.3, -0.25) is 0 Å². The van der Waals surface area contributed by atoms with Gasteiger partial charge in [0.15, 0.2) is 0 Å². The topological polar surface area (TPSA) is 32.3 Å². The molecule has 0 radical (unpaired) electrons. The van der Waals surface area contributed by atoms with Crippen molar-refractivity contribution >= 4 is 5.69 Å². The van der Waals surface area contributed by atoms with Crippen molar-refractivity contribution in [2.24, 2.45) is 0 Å².